The molecule has 0 bridgehead atoms. The van der Waals surface area contributed by atoms with Crippen molar-refractivity contribution >= 4 is 5.78 Å². The first-order chi connectivity index (χ1) is 10.7. The highest BCUT2D eigenvalue weighted by Gasteiger charge is 2.28. The monoisotopic (exact) mass is 296 g/mol. The van der Waals surface area contributed by atoms with E-state index >= 15 is 0 Å². The molecule has 114 valence electrons. The van der Waals surface area contributed by atoms with Crippen molar-refractivity contribution in [3.8, 4) is 11.5 Å². The highest BCUT2D eigenvalue weighted by atomic mass is 16.5. The maximum absolute atomic E-state index is 12.2. The smallest absolute Gasteiger partial charge is 0.138 e. The molecule has 0 radical (unpaired) electrons. The second-order valence-electron chi connectivity index (χ2n) is 5.51. The summed E-state index contributed by atoms with van der Waals surface area (Å²) in [7, 11) is 1.67. The summed E-state index contributed by atoms with van der Waals surface area (Å²) in [6.07, 6.45) is 1.02. The fraction of sp³-hybridized carbons (Fsp3) is 0.316. The molecular formula is C19H20O3. The van der Waals surface area contributed by atoms with E-state index < -0.39 is 0 Å². The van der Waals surface area contributed by atoms with Gasteiger partial charge in [0.05, 0.1) is 13.7 Å². The number of carbonyl (C=O) groups excluding carboxylic acids is 1. The molecule has 1 aliphatic carbocycles. The largest absolute Gasteiger partial charge is 0.497 e. The van der Waals surface area contributed by atoms with E-state index in [1.54, 1.807) is 7.11 Å². The maximum atomic E-state index is 12.2. The van der Waals surface area contributed by atoms with Crippen molar-refractivity contribution in [2.24, 2.45) is 0 Å². The van der Waals surface area contributed by atoms with Crippen LogP contribution in [0.5, 0.6) is 11.5 Å². The van der Waals surface area contributed by atoms with Crippen molar-refractivity contribution in [1.82, 2.24) is 0 Å². The van der Waals surface area contributed by atoms with Gasteiger partial charge in [0.2, 0.25) is 0 Å². The summed E-state index contributed by atoms with van der Waals surface area (Å²) < 4.78 is 11.1. The molecule has 0 N–H and O–H groups in total. The van der Waals surface area contributed by atoms with Gasteiger partial charge in [-0.15, -0.1) is 0 Å². The molecule has 2 aromatic carbocycles. The van der Waals surface area contributed by atoms with E-state index in [9.17, 15) is 4.79 Å². The Labute approximate surface area is 130 Å². The number of carbonyl (C=O) groups is 1. The SMILES string of the molecule is CCOc1ccccc1C1CC(=O)Cc2ccc(OC)cc21. The van der Waals surface area contributed by atoms with E-state index in [2.05, 4.69) is 12.1 Å². The Bertz CT molecular complexity index is 691. The van der Waals surface area contributed by atoms with Gasteiger partial charge in [0, 0.05) is 24.3 Å². The minimum absolute atomic E-state index is 0.0362. The third-order valence-corrected chi connectivity index (χ3v) is 4.14. The standard InChI is InChI=1S/C19H20O3/c1-3-22-19-7-5-4-6-16(19)18-11-14(20)10-13-8-9-15(21-2)12-17(13)18/h4-9,12,18H,3,10-11H2,1-2H3. The average molecular weight is 296 g/mol. The van der Waals surface area contributed by atoms with Gasteiger partial charge in [-0.1, -0.05) is 24.3 Å². The minimum Gasteiger partial charge on any atom is -0.497 e. The van der Waals surface area contributed by atoms with E-state index in [-0.39, 0.29) is 11.7 Å². The number of benzene rings is 2. The Morgan fingerprint density at radius 2 is 1.95 bits per heavy atom. The zero-order valence-corrected chi connectivity index (χ0v) is 13.0. The Hall–Kier alpha value is -2.29. The Morgan fingerprint density at radius 3 is 2.73 bits per heavy atom. The van der Waals surface area contributed by atoms with E-state index in [0.29, 0.717) is 19.4 Å². The van der Waals surface area contributed by atoms with Gasteiger partial charge in [-0.25, -0.2) is 0 Å². The lowest BCUT2D eigenvalue weighted by molar-refractivity contribution is -0.119. The number of para-hydroxylation sites is 1. The Balaban J connectivity index is 2.10. The van der Waals surface area contributed by atoms with Crippen LogP contribution < -0.4 is 9.47 Å². The molecule has 0 saturated carbocycles. The summed E-state index contributed by atoms with van der Waals surface area (Å²) in [5, 5.41) is 0. The average Bonchev–Trinajstić information content (AvgIpc) is 2.54. The fourth-order valence-electron chi connectivity index (χ4n) is 3.14. The van der Waals surface area contributed by atoms with Crippen LogP contribution in [0.4, 0.5) is 0 Å². The van der Waals surface area contributed by atoms with E-state index in [1.807, 2.05) is 37.3 Å². The van der Waals surface area contributed by atoms with Crippen LogP contribution in [0.3, 0.4) is 0 Å². The molecule has 3 heteroatoms. The molecule has 22 heavy (non-hydrogen) atoms. The van der Waals surface area contributed by atoms with Crippen molar-refractivity contribution in [1.29, 1.82) is 0 Å². The van der Waals surface area contributed by atoms with Crippen LogP contribution in [0.25, 0.3) is 0 Å². The molecule has 3 nitrogen and oxygen atoms in total. The number of hydrogen-bond acceptors (Lipinski definition) is 3. The number of ketones is 1. The van der Waals surface area contributed by atoms with Crippen molar-refractivity contribution < 1.29 is 14.3 Å². The fourth-order valence-corrected chi connectivity index (χ4v) is 3.14. The zero-order valence-electron chi connectivity index (χ0n) is 13.0. The molecule has 0 heterocycles. The molecule has 0 amide bonds. The van der Waals surface area contributed by atoms with Crippen molar-refractivity contribution in [2.75, 3.05) is 13.7 Å². The molecule has 3 rings (SSSR count). The van der Waals surface area contributed by atoms with Gasteiger partial charge in [0.25, 0.3) is 0 Å². The van der Waals surface area contributed by atoms with E-state index in [4.69, 9.17) is 9.47 Å². The highest BCUT2D eigenvalue weighted by Crippen LogP contribution is 2.40. The molecule has 0 aliphatic heterocycles. The van der Waals surface area contributed by atoms with Crippen LogP contribution in [-0.4, -0.2) is 19.5 Å². The number of fused-ring (bicyclic) bond motifs is 1. The number of rotatable bonds is 4. The number of hydrogen-bond donors (Lipinski definition) is 0. The lowest BCUT2D eigenvalue weighted by Crippen LogP contribution is -2.20. The Kier molecular flexibility index (Phi) is 4.14. The molecule has 1 aliphatic rings. The summed E-state index contributed by atoms with van der Waals surface area (Å²) in [5.41, 5.74) is 3.34. The van der Waals surface area contributed by atoms with Crippen molar-refractivity contribution in [3.63, 3.8) is 0 Å². The second kappa shape index (κ2) is 6.22. The maximum Gasteiger partial charge on any atom is 0.138 e. The van der Waals surface area contributed by atoms with Gasteiger partial charge in [0.1, 0.15) is 17.3 Å². The number of ether oxygens (including phenoxy) is 2. The topological polar surface area (TPSA) is 35.5 Å². The summed E-state index contributed by atoms with van der Waals surface area (Å²) in [4.78, 5) is 12.2. The predicted molar refractivity (Wildman–Crippen MR) is 85.8 cm³/mol. The third kappa shape index (κ3) is 2.71. The lowest BCUT2D eigenvalue weighted by atomic mass is 9.78. The summed E-state index contributed by atoms with van der Waals surface area (Å²) in [5.74, 6) is 1.99. The van der Waals surface area contributed by atoms with E-state index in [1.165, 1.54) is 5.56 Å². The molecule has 0 fully saturated rings. The lowest BCUT2D eigenvalue weighted by Gasteiger charge is -2.27. The predicted octanol–water partition coefficient (Wildman–Crippen LogP) is 3.74. The molecular weight excluding hydrogens is 276 g/mol. The Morgan fingerprint density at radius 1 is 1.14 bits per heavy atom. The molecule has 2 aromatic rings. The first-order valence-electron chi connectivity index (χ1n) is 7.63. The van der Waals surface area contributed by atoms with Crippen LogP contribution in [0.1, 0.15) is 36.0 Å². The van der Waals surface area contributed by atoms with Crippen LogP contribution in [0, 0.1) is 0 Å². The van der Waals surface area contributed by atoms with Gasteiger partial charge in [-0.05, 0) is 36.2 Å². The van der Waals surface area contributed by atoms with Gasteiger partial charge < -0.3 is 9.47 Å². The van der Waals surface area contributed by atoms with Gasteiger partial charge >= 0.3 is 0 Å². The third-order valence-electron chi connectivity index (χ3n) is 4.14. The van der Waals surface area contributed by atoms with Crippen molar-refractivity contribution in [2.45, 2.75) is 25.7 Å². The molecule has 0 spiro atoms. The molecule has 1 atom stereocenters. The van der Waals surface area contributed by atoms with Crippen LogP contribution >= 0.6 is 0 Å². The van der Waals surface area contributed by atoms with Crippen LogP contribution in [-0.2, 0) is 11.2 Å². The minimum atomic E-state index is 0.0362. The van der Waals surface area contributed by atoms with Crippen molar-refractivity contribution in [3.05, 3.63) is 59.2 Å². The summed E-state index contributed by atoms with van der Waals surface area (Å²) >= 11 is 0. The first-order valence-corrected chi connectivity index (χ1v) is 7.63. The summed E-state index contributed by atoms with van der Waals surface area (Å²) in [6.45, 7) is 2.59. The number of Topliss-reactive ketones (excluding diaryl/α,β-unsaturated/α-hetero) is 1. The van der Waals surface area contributed by atoms with Crippen LogP contribution in [0.2, 0.25) is 0 Å². The highest BCUT2D eigenvalue weighted by molar-refractivity contribution is 5.85. The van der Waals surface area contributed by atoms with Gasteiger partial charge in [0.15, 0.2) is 0 Å². The summed E-state index contributed by atoms with van der Waals surface area (Å²) in [6, 6.07) is 14.0. The normalized spacial score (nSPS) is 17.0. The second-order valence-corrected chi connectivity index (χ2v) is 5.51. The van der Waals surface area contributed by atoms with E-state index in [0.717, 1.165) is 22.6 Å². The zero-order chi connectivity index (χ0) is 15.5. The molecule has 0 saturated heterocycles. The van der Waals surface area contributed by atoms with Gasteiger partial charge in [-0.3, -0.25) is 4.79 Å². The van der Waals surface area contributed by atoms with Crippen LogP contribution in [0.15, 0.2) is 42.5 Å². The first kappa shape index (κ1) is 14.6. The quantitative estimate of drug-likeness (QED) is 0.862. The number of methoxy groups -OCH3 is 1. The van der Waals surface area contributed by atoms with Gasteiger partial charge in [-0.2, -0.15) is 0 Å². The molecule has 1 unspecified atom stereocenters. The molecule has 0 aromatic heterocycles.